The van der Waals surface area contributed by atoms with Crippen LogP contribution in [-0.4, -0.2) is 30.6 Å². The summed E-state index contributed by atoms with van der Waals surface area (Å²) in [6, 6.07) is 24.2. The number of nitrogens with two attached hydrogens (primary N) is 1. The standard InChI is InChI=1S/C26H28ClN3O2/c1-32-24-17-22(28)21(27)16-20(24)26(31)29-30-15-9-8-14-23(30)25(18-10-4-2-5-11-18)19-12-6-3-7-13-19/h2-7,10-13,16-17,23,25H,8-9,14-15,28H2,1H3,(H,29,31). The molecule has 166 valence electrons. The van der Waals surface area contributed by atoms with Gasteiger partial charge in [-0.15, -0.1) is 0 Å². The molecule has 0 aliphatic carbocycles. The monoisotopic (exact) mass is 449 g/mol. The molecule has 1 heterocycles. The highest BCUT2D eigenvalue weighted by Crippen LogP contribution is 2.35. The fourth-order valence-electron chi connectivity index (χ4n) is 4.51. The van der Waals surface area contributed by atoms with Gasteiger partial charge in [-0.2, -0.15) is 0 Å². The molecule has 0 saturated carbocycles. The molecular weight excluding hydrogens is 422 g/mol. The number of hydrazine groups is 1. The Labute approximate surface area is 194 Å². The Kier molecular flexibility index (Phi) is 6.98. The van der Waals surface area contributed by atoms with E-state index in [9.17, 15) is 4.79 Å². The summed E-state index contributed by atoms with van der Waals surface area (Å²) in [5.41, 5.74) is 12.2. The third kappa shape index (κ3) is 4.74. The molecule has 1 aliphatic heterocycles. The first kappa shape index (κ1) is 22.2. The van der Waals surface area contributed by atoms with E-state index in [4.69, 9.17) is 22.1 Å². The number of carbonyl (C=O) groups is 1. The molecule has 6 heteroatoms. The van der Waals surface area contributed by atoms with Crippen molar-refractivity contribution in [2.24, 2.45) is 0 Å². The largest absolute Gasteiger partial charge is 0.496 e. The van der Waals surface area contributed by atoms with Crippen molar-refractivity contribution >= 4 is 23.2 Å². The van der Waals surface area contributed by atoms with Crippen molar-refractivity contribution in [3.05, 3.63) is 94.5 Å². The van der Waals surface area contributed by atoms with Gasteiger partial charge in [-0.3, -0.25) is 10.2 Å². The van der Waals surface area contributed by atoms with Gasteiger partial charge in [-0.1, -0.05) is 78.7 Å². The summed E-state index contributed by atoms with van der Waals surface area (Å²) in [6.07, 6.45) is 3.12. The third-order valence-electron chi connectivity index (χ3n) is 6.06. The second-order valence-electron chi connectivity index (χ2n) is 8.07. The Morgan fingerprint density at radius 3 is 2.28 bits per heavy atom. The SMILES string of the molecule is COc1cc(N)c(Cl)cc1C(=O)NN1CCCCC1C(c1ccccc1)c1ccccc1. The van der Waals surface area contributed by atoms with Crippen LogP contribution in [0.2, 0.25) is 5.02 Å². The minimum absolute atomic E-state index is 0.118. The van der Waals surface area contributed by atoms with Crippen LogP contribution in [0.15, 0.2) is 72.8 Å². The van der Waals surface area contributed by atoms with Gasteiger partial charge in [-0.25, -0.2) is 5.01 Å². The van der Waals surface area contributed by atoms with Gasteiger partial charge < -0.3 is 10.5 Å². The predicted molar refractivity (Wildman–Crippen MR) is 129 cm³/mol. The molecule has 0 spiro atoms. The van der Waals surface area contributed by atoms with Gasteiger partial charge in [0, 0.05) is 24.6 Å². The van der Waals surface area contributed by atoms with Gasteiger partial charge in [-0.05, 0) is 30.0 Å². The number of amides is 1. The number of benzene rings is 3. The lowest BCUT2D eigenvalue weighted by Crippen LogP contribution is -2.53. The summed E-state index contributed by atoms with van der Waals surface area (Å²) in [5.74, 6) is 0.283. The lowest BCUT2D eigenvalue weighted by atomic mass is 9.81. The third-order valence-corrected chi connectivity index (χ3v) is 6.39. The summed E-state index contributed by atoms with van der Waals surface area (Å²) in [5, 5.41) is 2.41. The Bertz CT molecular complexity index is 1020. The molecule has 1 aliphatic rings. The number of rotatable bonds is 6. The number of carbonyl (C=O) groups excluding carboxylic acids is 1. The van der Waals surface area contributed by atoms with Gasteiger partial charge in [0.15, 0.2) is 0 Å². The van der Waals surface area contributed by atoms with E-state index in [1.807, 2.05) is 12.1 Å². The van der Waals surface area contributed by atoms with E-state index in [1.165, 1.54) is 18.2 Å². The molecule has 1 fully saturated rings. The summed E-state index contributed by atoms with van der Waals surface area (Å²) in [6.45, 7) is 0.775. The molecule has 3 aromatic rings. The molecule has 1 saturated heterocycles. The highest BCUT2D eigenvalue weighted by Gasteiger charge is 2.33. The van der Waals surface area contributed by atoms with E-state index in [0.29, 0.717) is 22.0 Å². The van der Waals surface area contributed by atoms with Gasteiger partial charge in [0.05, 0.1) is 23.4 Å². The van der Waals surface area contributed by atoms with Crippen molar-refractivity contribution in [3.63, 3.8) is 0 Å². The van der Waals surface area contributed by atoms with E-state index >= 15 is 0 Å². The van der Waals surface area contributed by atoms with Crippen molar-refractivity contribution in [2.45, 2.75) is 31.2 Å². The smallest absolute Gasteiger partial charge is 0.269 e. The zero-order chi connectivity index (χ0) is 22.5. The molecule has 0 radical (unpaired) electrons. The molecule has 0 aromatic heterocycles. The molecule has 4 rings (SSSR count). The second kappa shape index (κ2) is 10.1. The van der Waals surface area contributed by atoms with E-state index in [0.717, 1.165) is 25.8 Å². The summed E-state index contributed by atoms with van der Waals surface area (Å²) in [7, 11) is 1.52. The van der Waals surface area contributed by atoms with E-state index in [1.54, 1.807) is 12.1 Å². The molecule has 3 aromatic carbocycles. The quantitative estimate of drug-likeness (QED) is 0.503. The molecular formula is C26H28ClN3O2. The maximum absolute atomic E-state index is 13.3. The first-order chi connectivity index (χ1) is 15.6. The zero-order valence-corrected chi connectivity index (χ0v) is 18.9. The van der Waals surface area contributed by atoms with Crippen LogP contribution in [0.25, 0.3) is 0 Å². The average Bonchev–Trinajstić information content (AvgIpc) is 2.83. The number of anilines is 1. The van der Waals surface area contributed by atoms with Crippen LogP contribution in [0.4, 0.5) is 5.69 Å². The Morgan fingerprint density at radius 1 is 1.06 bits per heavy atom. The van der Waals surface area contributed by atoms with Gasteiger partial charge >= 0.3 is 0 Å². The predicted octanol–water partition coefficient (Wildman–Crippen LogP) is 5.26. The van der Waals surface area contributed by atoms with E-state index in [2.05, 4.69) is 59.0 Å². The Balaban J connectivity index is 1.66. The number of halogens is 1. The molecule has 0 bridgehead atoms. The molecule has 5 nitrogen and oxygen atoms in total. The number of nitrogens with one attached hydrogen (secondary N) is 1. The Hall–Kier alpha value is -3.02. The van der Waals surface area contributed by atoms with Crippen LogP contribution in [0.5, 0.6) is 5.75 Å². The first-order valence-electron chi connectivity index (χ1n) is 10.9. The summed E-state index contributed by atoms with van der Waals surface area (Å²) in [4.78, 5) is 13.3. The highest BCUT2D eigenvalue weighted by molar-refractivity contribution is 6.33. The van der Waals surface area contributed by atoms with E-state index < -0.39 is 0 Å². The Morgan fingerprint density at radius 2 is 1.69 bits per heavy atom. The minimum Gasteiger partial charge on any atom is -0.496 e. The summed E-state index contributed by atoms with van der Waals surface area (Å²) >= 11 is 6.19. The first-order valence-corrected chi connectivity index (χ1v) is 11.3. The maximum atomic E-state index is 13.3. The van der Waals surface area contributed by atoms with Crippen molar-refractivity contribution in [3.8, 4) is 5.75 Å². The molecule has 1 unspecified atom stereocenters. The fraction of sp³-hybridized carbons (Fsp3) is 0.269. The van der Waals surface area contributed by atoms with Crippen LogP contribution in [-0.2, 0) is 0 Å². The average molecular weight is 450 g/mol. The van der Waals surface area contributed by atoms with Crippen molar-refractivity contribution < 1.29 is 9.53 Å². The van der Waals surface area contributed by atoms with Gasteiger partial charge in [0.1, 0.15) is 5.75 Å². The minimum atomic E-state index is -0.254. The van der Waals surface area contributed by atoms with Crippen LogP contribution in [0, 0.1) is 0 Å². The molecule has 1 atom stereocenters. The number of ether oxygens (including phenoxy) is 1. The van der Waals surface area contributed by atoms with Crippen LogP contribution in [0.1, 0.15) is 46.7 Å². The number of nitrogen functional groups attached to an aromatic ring is 1. The number of nitrogens with zero attached hydrogens (tertiary/aromatic N) is 1. The van der Waals surface area contributed by atoms with Crippen molar-refractivity contribution in [1.82, 2.24) is 10.4 Å². The molecule has 1 amide bonds. The normalized spacial score (nSPS) is 16.7. The maximum Gasteiger partial charge on any atom is 0.269 e. The van der Waals surface area contributed by atoms with Crippen molar-refractivity contribution in [1.29, 1.82) is 0 Å². The fourth-order valence-corrected chi connectivity index (χ4v) is 4.67. The van der Waals surface area contributed by atoms with Gasteiger partial charge in [0.2, 0.25) is 0 Å². The zero-order valence-electron chi connectivity index (χ0n) is 18.1. The highest BCUT2D eigenvalue weighted by atomic mass is 35.5. The number of piperidine rings is 1. The summed E-state index contributed by atoms with van der Waals surface area (Å²) < 4.78 is 5.39. The van der Waals surface area contributed by atoms with Crippen LogP contribution >= 0.6 is 11.6 Å². The molecule has 3 N–H and O–H groups in total. The number of hydrogen-bond acceptors (Lipinski definition) is 4. The number of methoxy groups -OCH3 is 1. The lowest BCUT2D eigenvalue weighted by Gasteiger charge is -2.40. The molecule has 32 heavy (non-hydrogen) atoms. The number of hydrogen-bond donors (Lipinski definition) is 2. The topological polar surface area (TPSA) is 67.6 Å². The lowest BCUT2D eigenvalue weighted by molar-refractivity contribution is 0.0529. The second-order valence-corrected chi connectivity index (χ2v) is 8.48. The van der Waals surface area contributed by atoms with Crippen LogP contribution < -0.4 is 15.9 Å². The van der Waals surface area contributed by atoms with Gasteiger partial charge in [0.25, 0.3) is 5.91 Å². The van der Waals surface area contributed by atoms with Crippen molar-refractivity contribution in [2.75, 3.05) is 19.4 Å². The van der Waals surface area contributed by atoms with Crippen LogP contribution in [0.3, 0.4) is 0 Å². The van der Waals surface area contributed by atoms with E-state index in [-0.39, 0.29) is 17.9 Å².